The number of hydrogen-bond acceptors (Lipinski definition) is 3. The van der Waals surface area contributed by atoms with Crippen LogP contribution in [0.1, 0.15) is 17.0 Å². The van der Waals surface area contributed by atoms with Crippen molar-refractivity contribution < 1.29 is 39.9 Å². The van der Waals surface area contributed by atoms with Crippen LogP contribution in [0.25, 0.3) is 17.5 Å². The highest BCUT2D eigenvalue weighted by atomic mass is 19.4. The van der Waals surface area contributed by atoms with Gasteiger partial charge in [-0.3, -0.25) is 9.89 Å². The minimum atomic E-state index is -5.02. The third-order valence-corrected chi connectivity index (χ3v) is 3.89. The van der Waals surface area contributed by atoms with Gasteiger partial charge in [0.05, 0.1) is 24.2 Å². The van der Waals surface area contributed by atoms with Crippen molar-refractivity contribution in [2.24, 2.45) is 0 Å². The summed E-state index contributed by atoms with van der Waals surface area (Å²) in [7, 11) is 0. The van der Waals surface area contributed by atoms with Gasteiger partial charge >= 0.3 is 12.4 Å². The fourth-order valence-corrected chi connectivity index (χ4v) is 2.49. The zero-order chi connectivity index (χ0) is 21.6. The van der Waals surface area contributed by atoms with Gasteiger partial charge in [0.25, 0.3) is 5.92 Å². The molecule has 0 aliphatic carbocycles. The van der Waals surface area contributed by atoms with E-state index in [9.17, 15) is 39.9 Å². The molecular weight excluding hydrogens is 416 g/mol. The van der Waals surface area contributed by atoms with Crippen molar-refractivity contribution in [1.82, 2.24) is 20.1 Å². The molecule has 156 valence electrons. The molecule has 0 saturated carbocycles. The Morgan fingerprint density at radius 2 is 1.59 bits per heavy atom. The van der Waals surface area contributed by atoms with Gasteiger partial charge in [0.15, 0.2) is 11.6 Å². The van der Waals surface area contributed by atoms with Crippen LogP contribution in [-0.2, 0) is 17.1 Å². The first-order valence-electron chi connectivity index (χ1n) is 7.82. The highest BCUT2D eigenvalue weighted by molar-refractivity contribution is 5.92. The van der Waals surface area contributed by atoms with Crippen LogP contribution >= 0.6 is 0 Å². The number of hydrogen-bond donors (Lipinski definition) is 1. The molecule has 1 fully saturated rings. The van der Waals surface area contributed by atoms with Crippen molar-refractivity contribution in [1.29, 1.82) is 0 Å². The van der Waals surface area contributed by atoms with E-state index in [-0.39, 0.29) is 11.9 Å². The van der Waals surface area contributed by atoms with Gasteiger partial charge in [0.2, 0.25) is 5.91 Å². The summed E-state index contributed by atoms with van der Waals surface area (Å²) in [4.78, 5) is 16.2. The molecule has 1 N–H and O–H groups in total. The summed E-state index contributed by atoms with van der Waals surface area (Å²) in [6.45, 7) is -1.50. The molecule has 0 radical (unpaired) electrons. The number of nitrogens with zero attached hydrogens (tertiary/aromatic N) is 3. The number of amides is 1. The molecule has 29 heavy (non-hydrogen) atoms. The number of alkyl halides is 8. The molecule has 1 saturated heterocycles. The number of H-pyrrole nitrogens is 1. The van der Waals surface area contributed by atoms with Gasteiger partial charge in [0, 0.05) is 11.6 Å². The smallest absolute Gasteiger partial charge is 0.327 e. The molecule has 1 aromatic carbocycles. The number of likely N-dealkylation sites (tertiary alicyclic amines) is 1. The van der Waals surface area contributed by atoms with Gasteiger partial charge in [-0.1, -0.05) is 0 Å². The molecule has 0 spiro atoms. The van der Waals surface area contributed by atoms with E-state index in [0.717, 1.165) is 17.1 Å². The number of carbonyl (C=O) groups excluding carboxylic acids is 1. The number of nitrogens with one attached hydrogen (secondary N) is 1. The number of aromatic nitrogens is 3. The van der Waals surface area contributed by atoms with Crippen LogP contribution in [0.2, 0.25) is 0 Å². The predicted octanol–water partition coefficient (Wildman–Crippen LogP) is 4.00. The fraction of sp³-hybridized carbons (Fsp3) is 0.312. The van der Waals surface area contributed by atoms with Gasteiger partial charge in [-0.15, -0.1) is 0 Å². The molecule has 1 aromatic heterocycles. The standard InChI is InChI=1S/C16H10F8N4O/c17-14(18)6-28(7-14)12(29)2-1-11-25-13(27-26-11)8-3-9(15(19,20)21)5-10(4-8)16(22,23)24/h1-5H,6-7H2,(H,25,26,27)/b2-1-. The Labute approximate surface area is 157 Å². The van der Waals surface area contributed by atoms with Crippen LogP contribution in [-0.4, -0.2) is 45.0 Å². The van der Waals surface area contributed by atoms with Crippen molar-refractivity contribution in [3.63, 3.8) is 0 Å². The quantitative estimate of drug-likeness (QED) is 0.596. The average Bonchev–Trinajstić information content (AvgIpc) is 3.04. The lowest BCUT2D eigenvalue weighted by Crippen LogP contribution is -2.57. The van der Waals surface area contributed by atoms with Crippen molar-refractivity contribution in [2.45, 2.75) is 18.3 Å². The monoisotopic (exact) mass is 426 g/mol. The molecule has 2 heterocycles. The first kappa shape index (κ1) is 20.7. The fourth-order valence-electron chi connectivity index (χ4n) is 2.49. The zero-order valence-electron chi connectivity index (χ0n) is 14.1. The molecule has 3 rings (SSSR count). The Balaban J connectivity index is 1.84. The molecule has 0 bridgehead atoms. The lowest BCUT2D eigenvalue weighted by Gasteiger charge is -2.37. The van der Waals surface area contributed by atoms with Crippen molar-refractivity contribution in [2.75, 3.05) is 13.1 Å². The molecule has 2 aromatic rings. The van der Waals surface area contributed by atoms with Crippen LogP contribution in [0, 0.1) is 0 Å². The van der Waals surface area contributed by atoms with Crippen LogP contribution in [0.15, 0.2) is 24.3 Å². The third-order valence-electron chi connectivity index (χ3n) is 3.89. The lowest BCUT2D eigenvalue weighted by atomic mass is 10.0. The van der Waals surface area contributed by atoms with Gasteiger partial charge in [-0.2, -0.15) is 31.4 Å². The summed E-state index contributed by atoms with van der Waals surface area (Å²) in [5, 5.41) is 5.76. The molecule has 13 heteroatoms. The van der Waals surface area contributed by atoms with E-state index in [1.165, 1.54) is 0 Å². The van der Waals surface area contributed by atoms with E-state index >= 15 is 0 Å². The number of benzene rings is 1. The van der Waals surface area contributed by atoms with Crippen molar-refractivity contribution in [3.8, 4) is 11.4 Å². The SMILES string of the molecule is O=C(/C=C\c1n[nH]c(-c2cc(C(F)(F)F)cc(C(F)(F)F)c2)n1)N1CC(F)(F)C1. The van der Waals surface area contributed by atoms with Gasteiger partial charge in [-0.25, -0.2) is 13.8 Å². The Bertz CT molecular complexity index is 920. The summed E-state index contributed by atoms with van der Waals surface area (Å²) in [6, 6.07) is 0.912. The van der Waals surface area contributed by atoms with E-state index in [1.54, 1.807) is 0 Å². The molecule has 0 unspecified atom stereocenters. The van der Waals surface area contributed by atoms with E-state index in [0.29, 0.717) is 12.1 Å². The first-order valence-corrected chi connectivity index (χ1v) is 7.82. The molecule has 1 aliphatic rings. The summed E-state index contributed by atoms with van der Waals surface area (Å²) in [6.07, 6.45) is -8.18. The number of rotatable bonds is 3. The highest BCUT2D eigenvalue weighted by Crippen LogP contribution is 2.38. The normalized spacial score (nSPS) is 16.9. The molecular formula is C16H10F8N4O. The highest BCUT2D eigenvalue weighted by Gasteiger charge is 2.45. The number of carbonyl (C=O) groups is 1. The van der Waals surface area contributed by atoms with Crippen LogP contribution in [0.5, 0.6) is 0 Å². The Hall–Kier alpha value is -2.99. The van der Waals surface area contributed by atoms with E-state index in [4.69, 9.17) is 0 Å². The second-order valence-corrected chi connectivity index (χ2v) is 6.22. The zero-order valence-corrected chi connectivity index (χ0v) is 14.1. The topological polar surface area (TPSA) is 61.9 Å². The molecule has 5 nitrogen and oxygen atoms in total. The Kier molecular flexibility index (Phi) is 4.87. The Morgan fingerprint density at radius 3 is 2.07 bits per heavy atom. The maximum absolute atomic E-state index is 12.9. The lowest BCUT2D eigenvalue weighted by molar-refractivity contribution is -0.160. The summed E-state index contributed by atoms with van der Waals surface area (Å²) >= 11 is 0. The van der Waals surface area contributed by atoms with Gasteiger partial charge in [0.1, 0.15) is 0 Å². The van der Waals surface area contributed by atoms with Crippen molar-refractivity contribution >= 4 is 12.0 Å². The average molecular weight is 426 g/mol. The maximum Gasteiger partial charge on any atom is 0.416 e. The maximum atomic E-state index is 12.9. The predicted molar refractivity (Wildman–Crippen MR) is 82.4 cm³/mol. The van der Waals surface area contributed by atoms with Crippen LogP contribution < -0.4 is 0 Å². The largest absolute Gasteiger partial charge is 0.416 e. The summed E-state index contributed by atoms with van der Waals surface area (Å²) in [5.74, 6) is -4.35. The second kappa shape index (κ2) is 6.81. The molecule has 1 amide bonds. The summed E-state index contributed by atoms with van der Waals surface area (Å²) in [5.41, 5.74) is -3.57. The third kappa shape index (κ3) is 4.71. The summed E-state index contributed by atoms with van der Waals surface area (Å²) < 4.78 is 103. The number of halogens is 8. The second-order valence-electron chi connectivity index (χ2n) is 6.22. The van der Waals surface area contributed by atoms with Gasteiger partial charge in [-0.05, 0) is 24.3 Å². The Morgan fingerprint density at radius 1 is 1.03 bits per heavy atom. The first-order chi connectivity index (χ1) is 13.2. The minimum Gasteiger partial charge on any atom is -0.327 e. The van der Waals surface area contributed by atoms with E-state index in [1.807, 2.05) is 0 Å². The van der Waals surface area contributed by atoms with E-state index in [2.05, 4.69) is 15.2 Å². The number of aromatic amines is 1. The van der Waals surface area contributed by atoms with Crippen LogP contribution in [0.4, 0.5) is 35.1 Å². The van der Waals surface area contributed by atoms with Crippen molar-refractivity contribution in [3.05, 3.63) is 41.2 Å². The molecule has 0 atom stereocenters. The van der Waals surface area contributed by atoms with Crippen LogP contribution in [0.3, 0.4) is 0 Å². The minimum absolute atomic E-state index is 0.0256. The van der Waals surface area contributed by atoms with E-state index < -0.39 is 59.8 Å². The molecule has 1 aliphatic heterocycles. The van der Waals surface area contributed by atoms with Gasteiger partial charge < -0.3 is 4.90 Å².